The first-order valence-corrected chi connectivity index (χ1v) is 5.26. The van der Waals surface area contributed by atoms with Crippen LogP contribution in [0.3, 0.4) is 0 Å². The number of likely N-dealkylation sites (N-methyl/N-ethyl adjacent to an activating group) is 1. The lowest BCUT2D eigenvalue weighted by Crippen LogP contribution is -2.42. The highest BCUT2D eigenvalue weighted by molar-refractivity contribution is 4.76. The largest absolute Gasteiger partial charge is 0.386 e. The van der Waals surface area contributed by atoms with E-state index in [1.165, 1.54) is 0 Å². The molecule has 1 fully saturated rings. The van der Waals surface area contributed by atoms with Crippen LogP contribution in [-0.2, 0) is 9.47 Å². The molecule has 1 aliphatic rings. The molecule has 1 saturated heterocycles. The van der Waals surface area contributed by atoms with Gasteiger partial charge in [0.1, 0.15) is 0 Å². The number of rotatable bonds is 6. The van der Waals surface area contributed by atoms with Crippen LogP contribution >= 0.6 is 0 Å². The molecule has 4 nitrogen and oxygen atoms in total. The van der Waals surface area contributed by atoms with Crippen LogP contribution in [0.1, 0.15) is 20.3 Å². The van der Waals surface area contributed by atoms with Gasteiger partial charge in [-0.1, -0.05) is 6.92 Å². The van der Waals surface area contributed by atoms with Gasteiger partial charge in [0.2, 0.25) is 0 Å². The first-order valence-electron chi connectivity index (χ1n) is 5.26. The maximum absolute atomic E-state index is 9.88. The lowest BCUT2D eigenvalue weighted by atomic mass is 10.1. The van der Waals surface area contributed by atoms with E-state index in [-0.39, 0.29) is 6.10 Å². The molecule has 84 valence electrons. The Labute approximate surface area is 85.6 Å². The molecule has 4 heteroatoms. The van der Waals surface area contributed by atoms with Gasteiger partial charge < -0.3 is 19.9 Å². The number of hydrogen-bond acceptors (Lipinski definition) is 4. The van der Waals surface area contributed by atoms with Crippen LogP contribution in [0, 0.1) is 0 Å². The van der Waals surface area contributed by atoms with Crippen LogP contribution in [-0.4, -0.2) is 49.7 Å². The summed E-state index contributed by atoms with van der Waals surface area (Å²) in [7, 11) is 0. The highest BCUT2D eigenvalue weighted by Crippen LogP contribution is 2.11. The van der Waals surface area contributed by atoms with E-state index in [9.17, 15) is 5.11 Å². The Morgan fingerprint density at radius 1 is 1.64 bits per heavy atom. The smallest absolute Gasteiger partial charge is 0.0975 e. The fourth-order valence-electron chi connectivity index (χ4n) is 1.39. The summed E-state index contributed by atoms with van der Waals surface area (Å²) in [4.78, 5) is 0. The van der Waals surface area contributed by atoms with Gasteiger partial charge in [-0.15, -0.1) is 0 Å². The molecular weight excluding hydrogens is 182 g/mol. The van der Waals surface area contributed by atoms with E-state index in [1.807, 2.05) is 6.92 Å². The molecule has 0 spiro atoms. The molecule has 0 radical (unpaired) electrons. The van der Waals surface area contributed by atoms with Gasteiger partial charge in [0.05, 0.1) is 24.9 Å². The van der Waals surface area contributed by atoms with Crippen LogP contribution in [0.2, 0.25) is 0 Å². The fourth-order valence-corrected chi connectivity index (χ4v) is 1.39. The van der Waals surface area contributed by atoms with Gasteiger partial charge >= 0.3 is 0 Å². The predicted molar refractivity (Wildman–Crippen MR) is 54.3 cm³/mol. The van der Waals surface area contributed by atoms with Crippen molar-refractivity contribution < 1.29 is 14.6 Å². The molecule has 2 unspecified atom stereocenters. The number of ether oxygens (including phenoxy) is 2. The zero-order valence-electron chi connectivity index (χ0n) is 9.08. The molecule has 14 heavy (non-hydrogen) atoms. The van der Waals surface area contributed by atoms with E-state index in [4.69, 9.17) is 9.47 Å². The monoisotopic (exact) mass is 203 g/mol. The quantitative estimate of drug-likeness (QED) is 0.645. The van der Waals surface area contributed by atoms with Crippen molar-refractivity contribution >= 4 is 0 Å². The molecule has 0 aromatic rings. The van der Waals surface area contributed by atoms with Gasteiger partial charge in [-0.05, 0) is 19.9 Å². The summed E-state index contributed by atoms with van der Waals surface area (Å²) in [5, 5.41) is 13.0. The molecule has 0 bridgehead atoms. The Morgan fingerprint density at radius 3 is 3.00 bits per heavy atom. The SMILES string of the molecule is CCNCC(C)(O)COC1CCOC1. The van der Waals surface area contributed by atoms with Crippen LogP contribution in [0.4, 0.5) is 0 Å². The van der Waals surface area contributed by atoms with Gasteiger partial charge in [0.15, 0.2) is 0 Å². The zero-order chi connectivity index (χ0) is 10.4. The van der Waals surface area contributed by atoms with Crippen molar-refractivity contribution in [2.75, 3.05) is 32.9 Å². The van der Waals surface area contributed by atoms with Crippen molar-refractivity contribution in [3.05, 3.63) is 0 Å². The molecular formula is C10H21NO3. The molecule has 1 heterocycles. The molecule has 2 N–H and O–H groups in total. The minimum atomic E-state index is -0.779. The zero-order valence-corrected chi connectivity index (χ0v) is 9.08. The Morgan fingerprint density at radius 2 is 2.43 bits per heavy atom. The summed E-state index contributed by atoms with van der Waals surface area (Å²) in [6.07, 6.45) is 1.11. The van der Waals surface area contributed by atoms with Crippen molar-refractivity contribution in [2.45, 2.75) is 32.0 Å². The lowest BCUT2D eigenvalue weighted by molar-refractivity contribution is -0.0619. The van der Waals surface area contributed by atoms with E-state index in [0.717, 1.165) is 19.6 Å². The van der Waals surface area contributed by atoms with Gasteiger partial charge in [0.25, 0.3) is 0 Å². The third-order valence-electron chi connectivity index (χ3n) is 2.27. The average molecular weight is 203 g/mol. The van der Waals surface area contributed by atoms with Gasteiger partial charge in [-0.3, -0.25) is 0 Å². The summed E-state index contributed by atoms with van der Waals surface area (Å²) < 4.78 is 10.7. The van der Waals surface area contributed by atoms with Gasteiger partial charge in [-0.25, -0.2) is 0 Å². The average Bonchev–Trinajstić information content (AvgIpc) is 2.64. The molecule has 0 saturated carbocycles. The second-order valence-corrected chi connectivity index (χ2v) is 4.07. The first-order chi connectivity index (χ1) is 6.64. The fraction of sp³-hybridized carbons (Fsp3) is 1.00. The van der Waals surface area contributed by atoms with Crippen LogP contribution in [0.25, 0.3) is 0 Å². The van der Waals surface area contributed by atoms with Crippen molar-refractivity contribution in [3.8, 4) is 0 Å². The molecule has 2 atom stereocenters. The molecule has 1 aliphatic heterocycles. The van der Waals surface area contributed by atoms with Gasteiger partial charge in [0, 0.05) is 13.2 Å². The maximum atomic E-state index is 9.88. The Kier molecular flexibility index (Phi) is 4.81. The normalized spacial score (nSPS) is 26.4. The van der Waals surface area contributed by atoms with Crippen LogP contribution in [0.5, 0.6) is 0 Å². The van der Waals surface area contributed by atoms with E-state index in [1.54, 1.807) is 6.92 Å². The van der Waals surface area contributed by atoms with E-state index < -0.39 is 5.60 Å². The third kappa shape index (κ3) is 4.37. The second kappa shape index (κ2) is 5.66. The Balaban J connectivity index is 2.14. The molecule has 0 aliphatic carbocycles. The van der Waals surface area contributed by atoms with Gasteiger partial charge in [-0.2, -0.15) is 0 Å². The van der Waals surface area contributed by atoms with Crippen molar-refractivity contribution in [3.63, 3.8) is 0 Å². The highest BCUT2D eigenvalue weighted by atomic mass is 16.5. The molecule has 0 aromatic carbocycles. The van der Waals surface area contributed by atoms with Crippen molar-refractivity contribution in [1.82, 2.24) is 5.32 Å². The van der Waals surface area contributed by atoms with E-state index in [2.05, 4.69) is 5.32 Å². The predicted octanol–water partition coefficient (Wildman–Crippen LogP) is 0.152. The minimum absolute atomic E-state index is 0.170. The molecule has 0 aromatic heterocycles. The Bertz CT molecular complexity index is 155. The summed E-state index contributed by atoms with van der Waals surface area (Å²) in [5.74, 6) is 0. The summed E-state index contributed by atoms with van der Waals surface area (Å²) in [5.41, 5.74) is -0.779. The van der Waals surface area contributed by atoms with E-state index in [0.29, 0.717) is 19.8 Å². The second-order valence-electron chi connectivity index (χ2n) is 4.07. The highest BCUT2D eigenvalue weighted by Gasteiger charge is 2.24. The molecule has 1 rings (SSSR count). The number of nitrogens with one attached hydrogen (secondary N) is 1. The topological polar surface area (TPSA) is 50.7 Å². The first kappa shape index (κ1) is 11.9. The number of hydrogen-bond donors (Lipinski definition) is 2. The summed E-state index contributed by atoms with van der Waals surface area (Å²) in [6, 6.07) is 0. The van der Waals surface area contributed by atoms with Crippen LogP contribution in [0.15, 0.2) is 0 Å². The molecule has 0 amide bonds. The lowest BCUT2D eigenvalue weighted by Gasteiger charge is -2.24. The standard InChI is InChI=1S/C10H21NO3/c1-3-11-7-10(2,12)8-14-9-4-5-13-6-9/h9,11-12H,3-8H2,1-2H3. The summed E-state index contributed by atoms with van der Waals surface area (Å²) in [6.45, 7) is 7.04. The van der Waals surface area contributed by atoms with Crippen molar-refractivity contribution in [2.24, 2.45) is 0 Å². The van der Waals surface area contributed by atoms with E-state index >= 15 is 0 Å². The van der Waals surface area contributed by atoms with Crippen LogP contribution < -0.4 is 5.32 Å². The Hall–Kier alpha value is -0.160. The minimum Gasteiger partial charge on any atom is -0.386 e. The number of aliphatic hydroxyl groups is 1. The van der Waals surface area contributed by atoms with Crippen molar-refractivity contribution in [1.29, 1.82) is 0 Å². The summed E-state index contributed by atoms with van der Waals surface area (Å²) >= 11 is 0. The maximum Gasteiger partial charge on any atom is 0.0975 e. The third-order valence-corrected chi connectivity index (χ3v) is 2.27.